The highest BCUT2D eigenvalue weighted by Gasteiger charge is 2.35. The van der Waals surface area contributed by atoms with Crippen molar-refractivity contribution in [2.24, 2.45) is 5.73 Å². The van der Waals surface area contributed by atoms with Gasteiger partial charge < -0.3 is 15.0 Å². The molecule has 0 spiro atoms. The van der Waals surface area contributed by atoms with Gasteiger partial charge in [-0.25, -0.2) is 0 Å². The minimum Gasteiger partial charge on any atom is -0.367 e. The van der Waals surface area contributed by atoms with Crippen LogP contribution in [0.15, 0.2) is 4.52 Å². The first-order valence-electron chi connectivity index (χ1n) is 6.39. The van der Waals surface area contributed by atoms with Gasteiger partial charge in [-0.05, 0) is 32.6 Å². The Morgan fingerprint density at radius 3 is 2.94 bits per heavy atom. The summed E-state index contributed by atoms with van der Waals surface area (Å²) in [5.41, 5.74) is 5.56. The predicted octanol–water partition coefficient (Wildman–Crippen LogP) is 2.29. The van der Waals surface area contributed by atoms with Gasteiger partial charge in [-0.3, -0.25) is 0 Å². The number of ether oxygens (including phenoxy) is 1. The summed E-state index contributed by atoms with van der Waals surface area (Å²) >= 11 is 0. The summed E-state index contributed by atoms with van der Waals surface area (Å²) in [6.45, 7) is 4.87. The highest BCUT2D eigenvalue weighted by atomic mass is 16.5. The van der Waals surface area contributed by atoms with E-state index in [1.807, 2.05) is 6.92 Å². The van der Waals surface area contributed by atoms with Crippen LogP contribution in [0.1, 0.15) is 63.7 Å². The van der Waals surface area contributed by atoms with Gasteiger partial charge in [0.25, 0.3) is 0 Å². The van der Waals surface area contributed by atoms with Gasteiger partial charge in [0.2, 0.25) is 11.7 Å². The first-order valence-corrected chi connectivity index (χ1v) is 6.39. The fraction of sp³-hybridized carbons (Fsp3) is 0.833. The molecular formula is C12H21N3O2. The number of rotatable bonds is 4. The summed E-state index contributed by atoms with van der Waals surface area (Å²) in [7, 11) is 0. The molecule has 1 aliphatic rings. The van der Waals surface area contributed by atoms with Gasteiger partial charge >= 0.3 is 0 Å². The minimum atomic E-state index is -0.397. The molecule has 0 saturated carbocycles. The van der Waals surface area contributed by atoms with Gasteiger partial charge in [-0.2, -0.15) is 4.98 Å². The van der Waals surface area contributed by atoms with Crippen molar-refractivity contribution in [3.63, 3.8) is 0 Å². The van der Waals surface area contributed by atoms with Crippen molar-refractivity contribution in [3.05, 3.63) is 11.7 Å². The van der Waals surface area contributed by atoms with E-state index in [1.54, 1.807) is 0 Å². The fourth-order valence-electron chi connectivity index (χ4n) is 2.15. The van der Waals surface area contributed by atoms with E-state index in [2.05, 4.69) is 17.1 Å². The maximum absolute atomic E-state index is 5.95. The molecule has 0 aliphatic carbocycles. The number of hydrogen-bond acceptors (Lipinski definition) is 5. The summed E-state index contributed by atoms with van der Waals surface area (Å²) in [6, 6.07) is -0.159. The van der Waals surface area contributed by atoms with E-state index in [9.17, 15) is 0 Å². The second-order valence-electron chi connectivity index (χ2n) is 4.89. The van der Waals surface area contributed by atoms with E-state index in [4.69, 9.17) is 15.0 Å². The molecule has 1 aromatic rings. The van der Waals surface area contributed by atoms with E-state index in [-0.39, 0.29) is 6.04 Å². The highest BCUT2D eigenvalue weighted by molar-refractivity contribution is 5.02. The zero-order valence-corrected chi connectivity index (χ0v) is 10.6. The van der Waals surface area contributed by atoms with Crippen LogP contribution >= 0.6 is 0 Å². The van der Waals surface area contributed by atoms with Crippen molar-refractivity contribution < 1.29 is 9.26 Å². The molecule has 1 aliphatic heterocycles. The molecule has 2 N–H and O–H groups in total. The Labute approximate surface area is 102 Å². The monoisotopic (exact) mass is 239 g/mol. The molecule has 96 valence electrons. The minimum absolute atomic E-state index is 0.159. The number of hydrogen-bond donors (Lipinski definition) is 1. The second kappa shape index (κ2) is 5.14. The molecule has 5 heteroatoms. The summed E-state index contributed by atoms with van der Waals surface area (Å²) in [5.74, 6) is 1.16. The summed E-state index contributed by atoms with van der Waals surface area (Å²) in [4.78, 5) is 4.40. The molecule has 1 saturated heterocycles. The third kappa shape index (κ3) is 2.66. The molecule has 0 radical (unpaired) electrons. The summed E-state index contributed by atoms with van der Waals surface area (Å²) < 4.78 is 11.0. The Kier molecular flexibility index (Phi) is 3.79. The smallest absolute Gasteiger partial charge is 0.243 e. The van der Waals surface area contributed by atoms with Crippen molar-refractivity contribution in [1.82, 2.24) is 10.1 Å². The van der Waals surface area contributed by atoms with E-state index >= 15 is 0 Å². The normalized spacial score (nSPS) is 27.0. The standard InChI is InChI=1S/C12H21N3O2/c1-3-6-9(13)10-14-11(15-17-10)12(2)7-4-5-8-16-12/h9H,3-8,13H2,1-2H3/t9-,12?/m1/s1. The van der Waals surface area contributed by atoms with Crippen molar-refractivity contribution >= 4 is 0 Å². The maximum atomic E-state index is 5.95. The SMILES string of the molecule is CCC[C@@H](N)c1nc(C2(C)CCCCO2)no1. The molecule has 17 heavy (non-hydrogen) atoms. The first-order chi connectivity index (χ1) is 8.15. The van der Waals surface area contributed by atoms with Crippen molar-refractivity contribution in [2.75, 3.05) is 6.61 Å². The van der Waals surface area contributed by atoms with Crippen molar-refractivity contribution in [2.45, 2.75) is 57.6 Å². The van der Waals surface area contributed by atoms with Gasteiger partial charge in [-0.1, -0.05) is 18.5 Å². The van der Waals surface area contributed by atoms with Crippen LogP contribution in [0.3, 0.4) is 0 Å². The molecule has 2 heterocycles. The lowest BCUT2D eigenvalue weighted by molar-refractivity contribution is -0.0770. The fourth-order valence-corrected chi connectivity index (χ4v) is 2.15. The lowest BCUT2D eigenvalue weighted by Gasteiger charge is -2.30. The van der Waals surface area contributed by atoms with Gasteiger partial charge in [0.05, 0.1) is 6.04 Å². The van der Waals surface area contributed by atoms with E-state index in [0.29, 0.717) is 11.7 Å². The van der Waals surface area contributed by atoms with Crippen LogP contribution < -0.4 is 5.73 Å². The maximum Gasteiger partial charge on any atom is 0.243 e. The van der Waals surface area contributed by atoms with Crippen LogP contribution in [0.2, 0.25) is 0 Å². The second-order valence-corrected chi connectivity index (χ2v) is 4.89. The van der Waals surface area contributed by atoms with Crippen LogP contribution in [-0.4, -0.2) is 16.7 Å². The average molecular weight is 239 g/mol. The topological polar surface area (TPSA) is 74.2 Å². The van der Waals surface area contributed by atoms with Gasteiger partial charge in [0.1, 0.15) is 5.60 Å². The number of aromatic nitrogens is 2. The van der Waals surface area contributed by atoms with Crippen molar-refractivity contribution in [3.8, 4) is 0 Å². The molecule has 1 unspecified atom stereocenters. The zero-order chi connectivity index (χ0) is 12.3. The summed E-state index contributed by atoms with van der Waals surface area (Å²) in [5, 5.41) is 4.02. The molecule has 0 aromatic carbocycles. The van der Waals surface area contributed by atoms with Gasteiger partial charge in [0, 0.05) is 6.61 Å². The predicted molar refractivity (Wildman–Crippen MR) is 63.3 cm³/mol. The van der Waals surface area contributed by atoms with E-state index < -0.39 is 5.60 Å². The van der Waals surface area contributed by atoms with E-state index in [0.717, 1.165) is 38.7 Å². The van der Waals surface area contributed by atoms with Crippen LogP contribution in [0.25, 0.3) is 0 Å². The van der Waals surface area contributed by atoms with Gasteiger partial charge in [-0.15, -0.1) is 0 Å². The summed E-state index contributed by atoms with van der Waals surface area (Å²) in [6.07, 6.45) is 5.05. The molecule has 0 amide bonds. The molecule has 1 aromatic heterocycles. The van der Waals surface area contributed by atoms with Crippen LogP contribution in [-0.2, 0) is 10.3 Å². The lowest BCUT2D eigenvalue weighted by atomic mass is 9.95. The Morgan fingerprint density at radius 2 is 2.29 bits per heavy atom. The molecule has 2 rings (SSSR count). The van der Waals surface area contributed by atoms with E-state index in [1.165, 1.54) is 0 Å². The molecule has 2 atom stereocenters. The van der Waals surface area contributed by atoms with Crippen LogP contribution in [0, 0.1) is 0 Å². The van der Waals surface area contributed by atoms with Gasteiger partial charge in [0.15, 0.2) is 0 Å². The molecule has 0 bridgehead atoms. The quantitative estimate of drug-likeness (QED) is 0.872. The first kappa shape index (κ1) is 12.5. The Balaban J connectivity index is 2.11. The van der Waals surface area contributed by atoms with Crippen molar-refractivity contribution in [1.29, 1.82) is 0 Å². The number of nitrogens with zero attached hydrogens (tertiary/aromatic N) is 2. The highest BCUT2D eigenvalue weighted by Crippen LogP contribution is 2.33. The Hall–Kier alpha value is -0.940. The third-order valence-electron chi connectivity index (χ3n) is 3.30. The Morgan fingerprint density at radius 1 is 1.47 bits per heavy atom. The van der Waals surface area contributed by atoms with Crippen LogP contribution in [0.5, 0.6) is 0 Å². The average Bonchev–Trinajstić information content (AvgIpc) is 2.80. The van der Waals surface area contributed by atoms with Crippen LogP contribution in [0.4, 0.5) is 0 Å². The Bertz CT molecular complexity index is 358. The third-order valence-corrected chi connectivity index (χ3v) is 3.30. The molecular weight excluding hydrogens is 218 g/mol. The largest absolute Gasteiger partial charge is 0.367 e. The molecule has 1 fully saturated rings. The zero-order valence-electron chi connectivity index (χ0n) is 10.6. The number of nitrogens with two attached hydrogens (primary N) is 1. The molecule has 5 nitrogen and oxygen atoms in total. The lowest BCUT2D eigenvalue weighted by Crippen LogP contribution is -2.31.